The zero-order valence-corrected chi connectivity index (χ0v) is 21.4. The number of nitrogens with zero attached hydrogens (tertiary/aromatic N) is 3. The molecule has 0 saturated heterocycles. The van der Waals surface area contributed by atoms with Gasteiger partial charge in [0.2, 0.25) is 0 Å². The van der Waals surface area contributed by atoms with E-state index >= 15 is 0 Å². The lowest BCUT2D eigenvalue weighted by molar-refractivity contribution is 0.475. The van der Waals surface area contributed by atoms with E-state index in [1.54, 1.807) is 31.2 Å². The third-order valence-corrected chi connectivity index (χ3v) is 7.82. The summed E-state index contributed by atoms with van der Waals surface area (Å²) in [7, 11) is -4.12. The van der Waals surface area contributed by atoms with Gasteiger partial charge < -0.3 is 5.11 Å². The van der Waals surface area contributed by atoms with E-state index in [1.165, 1.54) is 29.1 Å². The van der Waals surface area contributed by atoms with Gasteiger partial charge in [-0.25, -0.2) is 12.8 Å². The summed E-state index contributed by atoms with van der Waals surface area (Å²) in [5.41, 5.74) is 1.47. The van der Waals surface area contributed by atoms with Crippen LogP contribution in [0.3, 0.4) is 0 Å². The van der Waals surface area contributed by atoms with E-state index in [1.807, 2.05) is 13.8 Å². The van der Waals surface area contributed by atoms with E-state index in [4.69, 9.17) is 23.2 Å². The molecule has 0 bridgehead atoms. The molecule has 0 aliphatic heterocycles. The van der Waals surface area contributed by atoms with Crippen molar-refractivity contribution < 1.29 is 17.9 Å². The van der Waals surface area contributed by atoms with Crippen LogP contribution in [0.2, 0.25) is 10.2 Å². The second kappa shape index (κ2) is 10.8. The summed E-state index contributed by atoms with van der Waals surface area (Å²) < 4.78 is 44.1. The number of aromatic hydroxyl groups is 1. The molecule has 6 nitrogen and oxygen atoms in total. The maximum Gasteiger partial charge on any atom is 0.269 e. The standard InChI is InChI=1S/C24H26Cl2FN3O3S/c1-4-6-12-30(34(32,33)22-15-29(5-2)28-24(22)26)20-14-17(10-11-21(20)31)13-16(3)23-18(25)8-7-9-19(23)27/h7-11,13-15,31H,4-6,12H2,1-3H3/b16-13+. The Kier molecular flexibility index (Phi) is 8.28. The number of aromatic nitrogens is 2. The van der Waals surface area contributed by atoms with Gasteiger partial charge in [-0.1, -0.05) is 54.8 Å². The summed E-state index contributed by atoms with van der Waals surface area (Å²) in [6, 6.07) is 9.00. The van der Waals surface area contributed by atoms with Crippen LogP contribution in [-0.2, 0) is 16.6 Å². The van der Waals surface area contributed by atoms with Crippen LogP contribution in [0.25, 0.3) is 11.6 Å². The van der Waals surface area contributed by atoms with Gasteiger partial charge >= 0.3 is 0 Å². The predicted molar refractivity (Wildman–Crippen MR) is 135 cm³/mol. The SMILES string of the molecule is CCCCN(c1cc(/C=C(\C)c2c(F)cccc2Cl)ccc1O)S(=O)(=O)c1cn(CC)nc1Cl. The molecule has 0 saturated carbocycles. The largest absolute Gasteiger partial charge is 0.506 e. The van der Waals surface area contributed by atoms with Crippen LogP contribution < -0.4 is 4.31 Å². The second-order valence-electron chi connectivity index (χ2n) is 7.74. The van der Waals surface area contributed by atoms with E-state index in [9.17, 15) is 17.9 Å². The molecule has 0 aliphatic rings. The first-order chi connectivity index (χ1) is 16.1. The molecule has 34 heavy (non-hydrogen) atoms. The lowest BCUT2D eigenvalue weighted by Crippen LogP contribution is -2.32. The van der Waals surface area contributed by atoms with Crippen molar-refractivity contribution in [2.24, 2.45) is 0 Å². The van der Waals surface area contributed by atoms with Crippen LogP contribution in [0.5, 0.6) is 5.75 Å². The van der Waals surface area contributed by atoms with Crippen LogP contribution >= 0.6 is 23.2 Å². The number of rotatable bonds is 9. The summed E-state index contributed by atoms with van der Waals surface area (Å²) >= 11 is 12.3. The fraction of sp³-hybridized carbons (Fsp3) is 0.292. The Labute approximate surface area is 209 Å². The molecule has 1 heterocycles. The third kappa shape index (κ3) is 5.40. The molecule has 10 heteroatoms. The van der Waals surface area contributed by atoms with E-state index in [0.717, 1.165) is 10.7 Å². The zero-order chi connectivity index (χ0) is 25.0. The minimum absolute atomic E-state index is 0.0925. The quantitative estimate of drug-likeness (QED) is 0.319. The number of unbranched alkanes of at least 4 members (excludes halogenated alkanes) is 1. The summed E-state index contributed by atoms with van der Waals surface area (Å²) in [6.45, 7) is 6.05. The Balaban J connectivity index is 2.11. The second-order valence-corrected chi connectivity index (χ2v) is 10.3. The maximum absolute atomic E-state index is 14.4. The predicted octanol–water partition coefficient (Wildman–Crippen LogP) is 6.61. The van der Waals surface area contributed by atoms with E-state index in [-0.39, 0.29) is 38.6 Å². The Hall–Kier alpha value is -2.55. The number of benzene rings is 2. The molecule has 0 radical (unpaired) electrons. The van der Waals surface area contributed by atoms with Crippen LogP contribution in [0.4, 0.5) is 10.1 Å². The highest BCUT2D eigenvalue weighted by atomic mass is 35.5. The maximum atomic E-state index is 14.4. The summed E-state index contributed by atoms with van der Waals surface area (Å²) in [5, 5.41) is 14.8. The van der Waals surface area contributed by atoms with Crippen molar-refractivity contribution in [2.75, 3.05) is 10.8 Å². The molecule has 0 amide bonds. The minimum Gasteiger partial charge on any atom is -0.506 e. The van der Waals surface area contributed by atoms with E-state index in [2.05, 4.69) is 5.10 Å². The highest BCUT2D eigenvalue weighted by molar-refractivity contribution is 7.93. The fourth-order valence-corrected chi connectivity index (χ4v) is 5.80. The van der Waals surface area contributed by atoms with Gasteiger partial charge in [0.15, 0.2) is 5.15 Å². The molecule has 182 valence electrons. The number of halogens is 3. The molecule has 3 aromatic rings. The number of sulfonamides is 1. The first-order valence-corrected chi connectivity index (χ1v) is 13.0. The summed E-state index contributed by atoms with van der Waals surface area (Å²) in [4.78, 5) is -0.137. The lowest BCUT2D eigenvalue weighted by Gasteiger charge is -2.25. The lowest BCUT2D eigenvalue weighted by atomic mass is 10.0. The van der Waals surface area contributed by atoms with Crippen LogP contribution in [0.1, 0.15) is 44.7 Å². The number of hydrogen-bond acceptors (Lipinski definition) is 4. The molecule has 1 N–H and O–H groups in total. The number of phenolic OH excluding ortho intramolecular Hbond substituents is 1. The average Bonchev–Trinajstić information content (AvgIpc) is 3.17. The Morgan fingerprint density at radius 2 is 1.97 bits per heavy atom. The minimum atomic E-state index is -4.12. The van der Waals surface area contributed by atoms with Gasteiger partial charge in [0.1, 0.15) is 16.5 Å². The first-order valence-electron chi connectivity index (χ1n) is 10.8. The van der Waals surface area contributed by atoms with Gasteiger partial charge in [0.25, 0.3) is 10.0 Å². The number of anilines is 1. The van der Waals surface area contributed by atoms with Crippen molar-refractivity contribution in [3.63, 3.8) is 0 Å². The van der Waals surface area contributed by atoms with Gasteiger partial charge in [-0.15, -0.1) is 0 Å². The van der Waals surface area contributed by atoms with Crippen molar-refractivity contribution >= 4 is 50.6 Å². The van der Waals surface area contributed by atoms with Crippen molar-refractivity contribution in [1.82, 2.24) is 9.78 Å². The molecule has 0 atom stereocenters. The Morgan fingerprint density at radius 3 is 2.59 bits per heavy atom. The van der Waals surface area contributed by atoms with Crippen molar-refractivity contribution in [2.45, 2.75) is 45.1 Å². The fourth-order valence-electron chi connectivity index (χ4n) is 3.53. The van der Waals surface area contributed by atoms with Gasteiger partial charge in [0, 0.05) is 24.8 Å². The number of hydrogen-bond donors (Lipinski definition) is 1. The highest BCUT2D eigenvalue weighted by Crippen LogP contribution is 2.36. The number of phenols is 1. The molecular formula is C24H26Cl2FN3O3S. The van der Waals surface area contributed by atoms with Gasteiger partial charge in [-0.2, -0.15) is 5.10 Å². The van der Waals surface area contributed by atoms with Gasteiger partial charge in [-0.3, -0.25) is 8.99 Å². The summed E-state index contributed by atoms with van der Waals surface area (Å²) in [6.07, 6.45) is 4.35. The van der Waals surface area contributed by atoms with Crippen LogP contribution in [-0.4, -0.2) is 29.8 Å². The monoisotopic (exact) mass is 525 g/mol. The third-order valence-electron chi connectivity index (χ3n) is 5.30. The van der Waals surface area contributed by atoms with Crippen molar-refractivity contribution in [1.29, 1.82) is 0 Å². The highest BCUT2D eigenvalue weighted by Gasteiger charge is 2.31. The molecule has 0 fully saturated rings. The van der Waals surface area contributed by atoms with E-state index in [0.29, 0.717) is 24.1 Å². The number of allylic oxidation sites excluding steroid dienone is 1. The topological polar surface area (TPSA) is 75.4 Å². The van der Waals surface area contributed by atoms with Crippen molar-refractivity contribution in [3.8, 4) is 5.75 Å². The zero-order valence-electron chi connectivity index (χ0n) is 19.1. The smallest absolute Gasteiger partial charge is 0.269 e. The summed E-state index contributed by atoms with van der Waals surface area (Å²) in [5.74, 6) is -0.674. The first kappa shape index (κ1) is 26.1. The normalized spacial score (nSPS) is 12.2. The average molecular weight is 526 g/mol. The molecule has 0 unspecified atom stereocenters. The van der Waals surface area contributed by atoms with Crippen LogP contribution in [0, 0.1) is 5.82 Å². The molecule has 0 aliphatic carbocycles. The molecule has 0 spiro atoms. The Bertz CT molecular complexity index is 1300. The van der Waals surface area contributed by atoms with Crippen molar-refractivity contribution in [3.05, 3.63) is 69.7 Å². The van der Waals surface area contributed by atoms with Gasteiger partial charge in [-0.05, 0) is 55.7 Å². The van der Waals surface area contributed by atoms with Crippen LogP contribution in [0.15, 0.2) is 47.5 Å². The molecule has 1 aromatic heterocycles. The number of aryl methyl sites for hydroxylation is 1. The Morgan fingerprint density at radius 1 is 1.24 bits per heavy atom. The molecular weight excluding hydrogens is 500 g/mol. The van der Waals surface area contributed by atoms with E-state index < -0.39 is 15.8 Å². The molecule has 3 rings (SSSR count). The molecule has 2 aromatic carbocycles. The van der Waals surface area contributed by atoms with Gasteiger partial charge in [0.05, 0.1) is 10.7 Å².